The molecule has 5 nitrogen and oxygen atoms in total. The summed E-state index contributed by atoms with van der Waals surface area (Å²) in [5.41, 5.74) is 1.02. The van der Waals surface area contributed by atoms with E-state index in [-0.39, 0.29) is 11.8 Å². The van der Waals surface area contributed by atoms with Crippen LogP contribution in [0.15, 0.2) is 18.2 Å². The predicted molar refractivity (Wildman–Crippen MR) is 73.3 cm³/mol. The third-order valence-electron chi connectivity index (χ3n) is 2.87. The Bertz CT molecular complexity index is 476. The second kappa shape index (κ2) is 5.09. The quantitative estimate of drug-likeness (QED) is 0.718. The summed E-state index contributed by atoms with van der Waals surface area (Å²) in [5.74, 6) is 0.193. The molecule has 5 heteroatoms. The van der Waals surface area contributed by atoms with Crippen LogP contribution in [0.25, 0.3) is 0 Å². The van der Waals surface area contributed by atoms with E-state index >= 15 is 0 Å². The molecule has 19 heavy (non-hydrogen) atoms. The van der Waals surface area contributed by atoms with Crippen LogP contribution in [-0.2, 0) is 4.74 Å². The second-order valence-corrected chi connectivity index (χ2v) is 5.69. The molecule has 0 spiro atoms. The molecule has 0 aromatic heterocycles. The predicted octanol–water partition coefficient (Wildman–Crippen LogP) is 2.77. The Labute approximate surface area is 113 Å². The topological polar surface area (TPSA) is 70.6 Å². The first kappa shape index (κ1) is 13.7. The summed E-state index contributed by atoms with van der Waals surface area (Å²) < 4.78 is 5.23. The van der Waals surface area contributed by atoms with Gasteiger partial charge in [0, 0.05) is 11.7 Å². The molecule has 1 aliphatic rings. The minimum atomic E-state index is -0.532. The standard InChI is InChI=1S/C14H20N2O3/c1-14(2,3)19-13(18)16-12-5-4-9(17)8-10(12)11-6-7-15-11/h4-5,8,11,15,17H,6-7H2,1-3H3,(H,16,18). The summed E-state index contributed by atoms with van der Waals surface area (Å²) in [5, 5.41) is 15.5. The van der Waals surface area contributed by atoms with Crippen molar-refractivity contribution >= 4 is 11.8 Å². The van der Waals surface area contributed by atoms with Crippen LogP contribution in [-0.4, -0.2) is 23.3 Å². The van der Waals surface area contributed by atoms with Gasteiger partial charge in [-0.25, -0.2) is 4.79 Å². The lowest BCUT2D eigenvalue weighted by atomic mass is 9.96. The summed E-state index contributed by atoms with van der Waals surface area (Å²) in [6.45, 7) is 6.40. The molecule has 1 aromatic rings. The number of benzene rings is 1. The molecule has 0 saturated carbocycles. The summed E-state index contributed by atoms with van der Waals surface area (Å²) in [4.78, 5) is 11.8. The van der Waals surface area contributed by atoms with E-state index < -0.39 is 11.7 Å². The van der Waals surface area contributed by atoms with Crippen LogP contribution in [0.2, 0.25) is 0 Å². The fourth-order valence-corrected chi connectivity index (χ4v) is 1.92. The summed E-state index contributed by atoms with van der Waals surface area (Å²) >= 11 is 0. The Hall–Kier alpha value is -1.75. The normalized spacial score (nSPS) is 18.6. The molecular weight excluding hydrogens is 244 g/mol. The zero-order valence-electron chi connectivity index (χ0n) is 11.5. The van der Waals surface area contributed by atoms with E-state index in [4.69, 9.17) is 4.74 Å². The molecule has 0 aliphatic carbocycles. The first-order chi connectivity index (χ1) is 8.85. The molecule has 0 bridgehead atoms. The molecular formula is C14H20N2O3. The zero-order valence-corrected chi connectivity index (χ0v) is 11.5. The smallest absolute Gasteiger partial charge is 0.412 e. The van der Waals surface area contributed by atoms with Crippen LogP contribution in [0.5, 0.6) is 5.75 Å². The van der Waals surface area contributed by atoms with Gasteiger partial charge < -0.3 is 15.2 Å². The molecule has 1 fully saturated rings. The van der Waals surface area contributed by atoms with Gasteiger partial charge in [0.25, 0.3) is 0 Å². The third kappa shape index (κ3) is 3.61. The number of carbonyl (C=O) groups is 1. The summed E-state index contributed by atoms with van der Waals surface area (Å²) in [7, 11) is 0. The average molecular weight is 264 g/mol. The SMILES string of the molecule is CC(C)(C)OC(=O)Nc1ccc(O)cc1C1CCN1. The molecule has 1 saturated heterocycles. The Morgan fingerprint density at radius 1 is 1.47 bits per heavy atom. The number of rotatable bonds is 2. The number of phenolic OH excluding ortho intramolecular Hbond substituents is 1. The Balaban J connectivity index is 2.13. The van der Waals surface area contributed by atoms with Crippen LogP contribution in [0, 0.1) is 0 Å². The maximum absolute atomic E-state index is 11.8. The number of carbonyl (C=O) groups excluding carboxylic acids is 1. The molecule has 1 heterocycles. The number of hydrogen-bond acceptors (Lipinski definition) is 4. The Morgan fingerprint density at radius 2 is 2.16 bits per heavy atom. The van der Waals surface area contributed by atoms with Crippen LogP contribution in [0.1, 0.15) is 38.8 Å². The van der Waals surface area contributed by atoms with E-state index in [0.29, 0.717) is 5.69 Å². The average Bonchev–Trinajstić information content (AvgIpc) is 2.16. The van der Waals surface area contributed by atoms with Crippen LogP contribution >= 0.6 is 0 Å². The number of amides is 1. The van der Waals surface area contributed by atoms with Gasteiger partial charge in [0.15, 0.2) is 0 Å². The number of anilines is 1. The highest BCUT2D eigenvalue weighted by Gasteiger charge is 2.24. The first-order valence-electron chi connectivity index (χ1n) is 6.41. The number of nitrogens with one attached hydrogen (secondary N) is 2. The van der Waals surface area contributed by atoms with E-state index in [1.165, 1.54) is 0 Å². The largest absolute Gasteiger partial charge is 0.508 e. The molecule has 0 radical (unpaired) electrons. The minimum Gasteiger partial charge on any atom is -0.508 e. The Morgan fingerprint density at radius 3 is 2.68 bits per heavy atom. The van der Waals surface area contributed by atoms with Crippen LogP contribution < -0.4 is 10.6 Å². The van der Waals surface area contributed by atoms with Gasteiger partial charge >= 0.3 is 6.09 Å². The van der Waals surface area contributed by atoms with Gasteiger partial charge in [-0.1, -0.05) is 0 Å². The lowest BCUT2D eigenvalue weighted by Crippen LogP contribution is -2.36. The van der Waals surface area contributed by atoms with Crippen molar-refractivity contribution in [1.82, 2.24) is 5.32 Å². The van der Waals surface area contributed by atoms with Crippen LogP contribution in [0.3, 0.4) is 0 Å². The molecule has 104 valence electrons. The van der Waals surface area contributed by atoms with Crippen molar-refractivity contribution < 1.29 is 14.6 Å². The van der Waals surface area contributed by atoms with Crippen molar-refractivity contribution in [1.29, 1.82) is 0 Å². The first-order valence-corrected chi connectivity index (χ1v) is 6.41. The van der Waals surface area contributed by atoms with E-state index in [2.05, 4.69) is 10.6 Å². The molecule has 1 aromatic carbocycles. The molecule has 1 atom stereocenters. The van der Waals surface area contributed by atoms with Gasteiger partial charge in [0.1, 0.15) is 11.4 Å². The highest BCUT2D eigenvalue weighted by molar-refractivity contribution is 5.86. The minimum absolute atomic E-state index is 0.178. The van der Waals surface area contributed by atoms with Crippen molar-refractivity contribution in [3.8, 4) is 5.75 Å². The Kier molecular flexibility index (Phi) is 3.66. The van der Waals surface area contributed by atoms with Crippen molar-refractivity contribution in [3.63, 3.8) is 0 Å². The van der Waals surface area contributed by atoms with Crippen molar-refractivity contribution in [3.05, 3.63) is 23.8 Å². The zero-order chi connectivity index (χ0) is 14.0. The molecule has 1 unspecified atom stereocenters. The molecule has 1 amide bonds. The van der Waals surface area contributed by atoms with E-state index in [1.807, 2.05) is 20.8 Å². The molecule has 1 aliphatic heterocycles. The fourth-order valence-electron chi connectivity index (χ4n) is 1.92. The van der Waals surface area contributed by atoms with Gasteiger partial charge in [-0.05, 0) is 57.5 Å². The van der Waals surface area contributed by atoms with E-state index in [1.54, 1.807) is 18.2 Å². The monoisotopic (exact) mass is 264 g/mol. The second-order valence-electron chi connectivity index (χ2n) is 5.69. The third-order valence-corrected chi connectivity index (χ3v) is 2.87. The molecule has 3 N–H and O–H groups in total. The van der Waals surface area contributed by atoms with Gasteiger partial charge in [0.2, 0.25) is 0 Å². The highest BCUT2D eigenvalue weighted by Crippen LogP contribution is 2.32. The van der Waals surface area contributed by atoms with Gasteiger partial charge in [-0.3, -0.25) is 5.32 Å². The highest BCUT2D eigenvalue weighted by atomic mass is 16.6. The van der Waals surface area contributed by atoms with Crippen molar-refractivity contribution in [2.24, 2.45) is 0 Å². The lowest BCUT2D eigenvalue weighted by Gasteiger charge is -2.30. The van der Waals surface area contributed by atoms with E-state index in [0.717, 1.165) is 18.5 Å². The van der Waals surface area contributed by atoms with Gasteiger partial charge in [0.05, 0.1) is 0 Å². The van der Waals surface area contributed by atoms with E-state index in [9.17, 15) is 9.90 Å². The lowest BCUT2D eigenvalue weighted by molar-refractivity contribution is 0.0635. The fraction of sp³-hybridized carbons (Fsp3) is 0.500. The maximum Gasteiger partial charge on any atom is 0.412 e. The number of aromatic hydroxyl groups is 1. The van der Waals surface area contributed by atoms with Crippen molar-refractivity contribution in [2.45, 2.75) is 38.8 Å². The number of phenols is 1. The number of ether oxygens (including phenoxy) is 1. The van der Waals surface area contributed by atoms with Gasteiger partial charge in [-0.15, -0.1) is 0 Å². The molecule has 2 rings (SSSR count). The van der Waals surface area contributed by atoms with Gasteiger partial charge in [-0.2, -0.15) is 0 Å². The summed E-state index contributed by atoms with van der Waals surface area (Å²) in [6.07, 6.45) is 0.505. The van der Waals surface area contributed by atoms with Crippen LogP contribution in [0.4, 0.5) is 10.5 Å². The van der Waals surface area contributed by atoms with Crippen molar-refractivity contribution in [2.75, 3.05) is 11.9 Å². The summed E-state index contributed by atoms with van der Waals surface area (Å²) in [6, 6.07) is 5.09. The number of hydrogen-bond donors (Lipinski definition) is 3. The maximum atomic E-state index is 11.8.